The number of carbonyl (C=O) groups is 2. The van der Waals surface area contributed by atoms with Crippen LogP contribution in [0, 0.1) is 0 Å². The van der Waals surface area contributed by atoms with Gasteiger partial charge in [0.1, 0.15) is 11.6 Å². The normalized spacial score (nSPS) is 14.3. The molecule has 0 aromatic heterocycles. The average molecular weight is 809 g/mol. The lowest BCUT2D eigenvalue weighted by atomic mass is 9.71. The summed E-state index contributed by atoms with van der Waals surface area (Å²) in [5.41, 5.74) is 10.2. The van der Waals surface area contributed by atoms with Gasteiger partial charge in [0.2, 0.25) is 5.91 Å². The summed E-state index contributed by atoms with van der Waals surface area (Å²) in [7, 11) is 0. The highest BCUT2D eigenvalue weighted by atomic mass is 79.9. The fourth-order valence-corrected chi connectivity index (χ4v) is 6.86. The Hall–Kier alpha value is -0.940. The van der Waals surface area contributed by atoms with Gasteiger partial charge in [-0.15, -0.1) is 0 Å². The Balaban J connectivity index is 2.06. The predicted molar refractivity (Wildman–Crippen MR) is 179 cm³/mol. The number of benzene rings is 2. The lowest BCUT2D eigenvalue weighted by molar-refractivity contribution is -0.118. The molecule has 3 rings (SSSR count). The number of ether oxygens (including phenoxy) is 1. The number of alkyl halides is 2. The summed E-state index contributed by atoms with van der Waals surface area (Å²) in [6.45, 7) is 5.92. The fourth-order valence-electron chi connectivity index (χ4n) is 5.48. The molecule has 4 N–H and O–H groups in total. The van der Waals surface area contributed by atoms with Crippen molar-refractivity contribution >= 4 is 81.4 Å². The second-order valence-electron chi connectivity index (χ2n) is 11.2. The summed E-state index contributed by atoms with van der Waals surface area (Å²) >= 11 is 14.7. The zero-order valence-electron chi connectivity index (χ0n) is 23.3. The van der Waals surface area contributed by atoms with E-state index in [4.69, 9.17) is 10.5 Å². The van der Waals surface area contributed by atoms with Gasteiger partial charge in [0, 0.05) is 30.6 Å². The van der Waals surface area contributed by atoms with E-state index in [0.717, 1.165) is 68.5 Å². The summed E-state index contributed by atoms with van der Waals surface area (Å²) in [6, 6.07) is 9.84. The Morgan fingerprint density at radius 2 is 1.60 bits per heavy atom. The van der Waals surface area contributed by atoms with Gasteiger partial charge in [-0.2, -0.15) is 0 Å². The van der Waals surface area contributed by atoms with Crippen LogP contribution in [0.15, 0.2) is 39.3 Å². The third-order valence-corrected chi connectivity index (χ3v) is 9.14. The number of rotatable bonds is 13. The molecule has 0 spiro atoms. The Morgan fingerprint density at radius 3 is 2.20 bits per heavy atom. The first-order chi connectivity index (χ1) is 19.0. The van der Waals surface area contributed by atoms with E-state index in [2.05, 4.69) is 98.6 Å². The third kappa shape index (κ3) is 8.33. The molecule has 1 unspecified atom stereocenters. The second-order valence-corrected chi connectivity index (χ2v) is 14.6. The smallest absolute Gasteiger partial charge is 0.408 e. The number of nitrogens with one attached hydrogen (secondary N) is 2. The third-order valence-electron chi connectivity index (χ3n) is 7.07. The molecule has 1 aliphatic carbocycles. The largest absolute Gasteiger partial charge is 0.444 e. The average Bonchev–Trinajstić information content (AvgIpc) is 3.13. The van der Waals surface area contributed by atoms with Crippen LogP contribution in [0.3, 0.4) is 0 Å². The van der Waals surface area contributed by atoms with Crippen molar-refractivity contribution in [1.82, 2.24) is 5.32 Å². The van der Waals surface area contributed by atoms with E-state index in [-0.39, 0.29) is 11.3 Å². The number of amides is 2. The van der Waals surface area contributed by atoms with E-state index in [9.17, 15) is 9.59 Å². The zero-order chi connectivity index (χ0) is 29.5. The molecule has 0 heterocycles. The maximum atomic E-state index is 13.7. The highest BCUT2D eigenvalue weighted by Crippen LogP contribution is 2.57. The van der Waals surface area contributed by atoms with Crippen LogP contribution >= 0.6 is 63.7 Å². The summed E-state index contributed by atoms with van der Waals surface area (Å²) in [6.07, 6.45) is 5.32. The van der Waals surface area contributed by atoms with Crippen LogP contribution < -0.4 is 16.4 Å². The number of anilines is 1. The lowest BCUT2D eigenvalue weighted by Gasteiger charge is -2.33. The maximum Gasteiger partial charge on any atom is 0.408 e. The summed E-state index contributed by atoms with van der Waals surface area (Å²) in [5, 5.41) is 7.81. The van der Waals surface area contributed by atoms with E-state index >= 15 is 0 Å². The number of fused-ring (bicyclic) bond motifs is 3. The highest BCUT2D eigenvalue weighted by molar-refractivity contribution is 9.11. The predicted octanol–water partition coefficient (Wildman–Crippen LogP) is 8.79. The molecule has 2 aromatic carbocycles. The van der Waals surface area contributed by atoms with Crippen LogP contribution in [0.5, 0.6) is 0 Å². The van der Waals surface area contributed by atoms with Gasteiger partial charge in [-0.3, -0.25) is 4.79 Å². The summed E-state index contributed by atoms with van der Waals surface area (Å²) in [5.74, 6) is -0.278. The lowest BCUT2D eigenvalue weighted by Crippen LogP contribution is -2.45. The SMILES string of the molecule is CC(C)(C)OC(=O)NC(CCCCN)C(=O)Nc1cc(Br)cc2c1-c1ccc(Br)cc1C2(CCCBr)CCCBr. The molecular formula is C30H39Br4N3O3. The summed E-state index contributed by atoms with van der Waals surface area (Å²) < 4.78 is 7.39. The molecule has 1 atom stereocenters. The molecular weight excluding hydrogens is 770 g/mol. The maximum absolute atomic E-state index is 13.7. The van der Waals surface area contributed by atoms with Crippen molar-refractivity contribution in [2.24, 2.45) is 5.73 Å². The molecule has 10 heteroatoms. The highest BCUT2D eigenvalue weighted by Gasteiger charge is 2.44. The molecule has 0 fully saturated rings. The van der Waals surface area contributed by atoms with Crippen molar-refractivity contribution in [3.63, 3.8) is 0 Å². The van der Waals surface area contributed by atoms with Crippen LogP contribution in [-0.2, 0) is 14.9 Å². The van der Waals surface area contributed by atoms with Crippen molar-refractivity contribution in [1.29, 1.82) is 0 Å². The number of alkyl carbamates (subject to hydrolysis) is 1. The van der Waals surface area contributed by atoms with E-state index in [1.165, 1.54) is 11.1 Å². The Kier molecular flexibility index (Phi) is 12.6. The first-order valence-electron chi connectivity index (χ1n) is 13.7. The molecule has 40 heavy (non-hydrogen) atoms. The minimum Gasteiger partial charge on any atom is -0.444 e. The molecule has 6 nitrogen and oxygen atoms in total. The van der Waals surface area contributed by atoms with Crippen molar-refractivity contribution in [2.75, 3.05) is 22.5 Å². The van der Waals surface area contributed by atoms with Crippen molar-refractivity contribution in [2.45, 2.75) is 82.8 Å². The van der Waals surface area contributed by atoms with Gasteiger partial charge in [0.05, 0.1) is 5.69 Å². The zero-order valence-corrected chi connectivity index (χ0v) is 29.7. The van der Waals surface area contributed by atoms with Gasteiger partial charge < -0.3 is 21.1 Å². The second kappa shape index (κ2) is 15.0. The van der Waals surface area contributed by atoms with Crippen molar-refractivity contribution in [3.8, 4) is 11.1 Å². The van der Waals surface area contributed by atoms with Crippen molar-refractivity contribution < 1.29 is 14.3 Å². The number of hydrogen-bond donors (Lipinski definition) is 3. The minimum absolute atomic E-state index is 0.186. The van der Waals surface area contributed by atoms with Crippen LogP contribution in [0.25, 0.3) is 11.1 Å². The monoisotopic (exact) mass is 805 g/mol. The minimum atomic E-state index is -0.756. The molecule has 0 saturated carbocycles. The van der Waals surface area contributed by atoms with Crippen LogP contribution in [0.4, 0.5) is 10.5 Å². The first kappa shape index (κ1) is 33.6. The van der Waals surface area contributed by atoms with Crippen LogP contribution in [-0.4, -0.2) is 40.8 Å². The fraction of sp³-hybridized carbons (Fsp3) is 0.533. The van der Waals surface area contributed by atoms with Gasteiger partial charge in [-0.25, -0.2) is 4.79 Å². The van der Waals surface area contributed by atoms with Gasteiger partial charge in [0.25, 0.3) is 0 Å². The molecule has 0 bridgehead atoms. The number of nitrogens with two attached hydrogens (primary N) is 1. The number of hydrogen-bond acceptors (Lipinski definition) is 4. The molecule has 0 saturated heterocycles. The number of halogens is 4. The van der Waals surface area contributed by atoms with E-state index < -0.39 is 17.7 Å². The van der Waals surface area contributed by atoms with E-state index in [1.807, 2.05) is 6.07 Å². The van der Waals surface area contributed by atoms with Gasteiger partial charge in [-0.1, -0.05) is 69.8 Å². The van der Waals surface area contributed by atoms with E-state index in [1.54, 1.807) is 20.8 Å². The number of unbranched alkanes of at least 4 members (excludes halogenated alkanes) is 1. The quantitative estimate of drug-likeness (QED) is 0.139. The van der Waals surface area contributed by atoms with Gasteiger partial charge in [0.15, 0.2) is 0 Å². The molecule has 0 radical (unpaired) electrons. The molecule has 2 aromatic rings. The topological polar surface area (TPSA) is 93.4 Å². The molecule has 1 aliphatic rings. The van der Waals surface area contributed by atoms with Gasteiger partial charge >= 0.3 is 6.09 Å². The van der Waals surface area contributed by atoms with E-state index in [0.29, 0.717) is 19.4 Å². The Bertz CT molecular complexity index is 1190. The summed E-state index contributed by atoms with van der Waals surface area (Å²) in [4.78, 5) is 26.4. The molecule has 220 valence electrons. The molecule has 2 amide bonds. The van der Waals surface area contributed by atoms with Gasteiger partial charge in [-0.05, 0) is 113 Å². The Morgan fingerprint density at radius 1 is 0.950 bits per heavy atom. The van der Waals surface area contributed by atoms with Crippen LogP contribution in [0.1, 0.15) is 76.8 Å². The standard InChI is InChI=1S/C30H39Br4N3O3/c1-29(2,3)40-28(39)37-24(8-4-5-15-35)27(38)36-25-18-20(34)17-23-26(25)21-10-9-19(33)16-22(21)30(23,11-6-13-31)12-7-14-32/h9-10,16-18,24H,4-8,11-15,35H2,1-3H3,(H,36,38)(H,37,39). The number of carbonyl (C=O) groups excluding carboxylic acids is 2. The van der Waals surface area contributed by atoms with Crippen LogP contribution in [0.2, 0.25) is 0 Å². The molecule has 0 aliphatic heterocycles. The first-order valence-corrected chi connectivity index (χ1v) is 17.6. The Labute approximate surface area is 271 Å². The van der Waals surface area contributed by atoms with Crippen molar-refractivity contribution in [3.05, 3.63) is 50.4 Å².